The Morgan fingerprint density at radius 1 is 1.39 bits per heavy atom. The summed E-state index contributed by atoms with van der Waals surface area (Å²) in [5.41, 5.74) is 0.729. The van der Waals surface area contributed by atoms with Crippen LogP contribution in [0.25, 0.3) is 0 Å². The second kappa shape index (κ2) is 6.42. The van der Waals surface area contributed by atoms with Crippen LogP contribution in [0.2, 0.25) is 5.02 Å². The first-order chi connectivity index (χ1) is 8.36. The highest BCUT2D eigenvalue weighted by Gasteiger charge is 2.17. The summed E-state index contributed by atoms with van der Waals surface area (Å²) < 4.78 is 49.0. The third-order valence-electron chi connectivity index (χ3n) is 2.13. The summed E-state index contributed by atoms with van der Waals surface area (Å²) in [6, 6.07) is 4.10. The van der Waals surface area contributed by atoms with Gasteiger partial charge in [-0.25, -0.2) is 21.9 Å². The molecule has 0 atom stereocenters. The molecule has 1 aromatic rings. The van der Waals surface area contributed by atoms with Crippen LogP contribution in [-0.4, -0.2) is 28.4 Å². The van der Waals surface area contributed by atoms with Crippen molar-refractivity contribution in [3.8, 4) is 0 Å². The van der Waals surface area contributed by atoms with Crippen molar-refractivity contribution in [3.63, 3.8) is 0 Å². The number of hydrogen-bond donors (Lipinski definition) is 2. The van der Waals surface area contributed by atoms with E-state index in [-0.39, 0.29) is 9.92 Å². The lowest BCUT2D eigenvalue weighted by Gasteiger charge is -2.09. The minimum absolute atomic E-state index is 0.131. The number of nitrogens with one attached hydrogen (secondary N) is 2. The second-order valence-electron chi connectivity index (χ2n) is 3.53. The van der Waals surface area contributed by atoms with E-state index in [1.807, 2.05) is 0 Å². The molecule has 0 saturated heterocycles. The van der Waals surface area contributed by atoms with Crippen molar-refractivity contribution in [3.05, 3.63) is 28.8 Å². The van der Waals surface area contributed by atoms with Crippen molar-refractivity contribution >= 4 is 21.6 Å². The van der Waals surface area contributed by atoms with E-state index < -0.39 is 23.0 Å². The van der Waals surface area contributed by atoms with Crippen LogP contribution in [0.15, 0.2) is 23.1 Å². The van der Waals surface area contributed by atoms with Crippen molar-refractivity contribution in [1.29, 1.82) is 0 Å². The molecule has 18 heavy (non-hydrogen) atoms. The highest BCUT2D eigenvalue weighted by atomic mass is 35.5. The Balaban J connectivity index is 2.93. The number of halogens is 3. The molecule has 0 radical (unpaired) electrons. The first kappa shape index (κ1) is 15.3. The molecule has 0 aliphatic heterocycles. The maximum Gasteiger partial charge on any atom is 0.251 e. The summed E-state index contributed by atoms with van der Waals surface area (Å²) in [5, 5.41) is 3.14. The molecule has 0 bridgehead atoms. The van der Waals surface area contributed by atoms with E-state index in [4.69, 9.17) is 11.6 Å². The Morgan fingerprint density at radius 2 is 2.06 bits per heavy atom. The lowest BCUT2D eigenvalue weighted by Crippen LogP contribution is -2.28. The van der Waals surface area contributed by atoms with Gasteiger partial charge in [-0.1, -0.05) is 17.7 Å². The number of hydrogen-bond acceptors (Lipinski definition) is 3. The molecule has 102 valence electrons. The van der Waals surface area contributed by atoms with Crippen LogP contribution in [0.1, 0.15) is 5.56 Å². The van der Waals surface area contributed by atoms with E-state index in [2.05, 4.69) is 5.32 Å². The van der Waals surface area contributed by atoms with Gasteiger partial charge in [0.2, 0.25) is 10.0 Å². The zero-order valence-electron chi connectivity index (χ0n) is 9.58. The third kappa shape index (κ3) is 4.16. The minimum atomic E-state index is -3.94. The van der Waals surface area contributed by atoms with Gasteiger partial charge in [0.1, 0.15) is 0 Å². The molecule has 0 fully saturated rings. The minimum Gasteiger partial charge on any atom is -0.316 e. The first-order valence-electron chi connectivity index (χ1n) is 5.07. The molecule has 0 aliphatic rings. The fourth-order valence-corrected chi connectivity index (χ4v) is 2.63. The van der Waals surface area contributed by atoms with Gasteiger partial charge in [0.05, 0.1) is 11.4 Å². The summed E-state index contributed by atoms with van der Waals surface area (Å²) >= 11 is 5.90. The Labute approximate surface area is 109 Å². The molecule has 1 rings (SSSR count). The van der Waals surface area contributed by atoms with E-state index in [9.17, 15) is 17.2 Å². The van der Waals surface area contributed by atoms with E-state index in [0.717, 1.165) is 5.56 Å². The van der Waals surface area contributed by atoms with Gasteiger partial charge in [-0.05, 0) is 24.7 Å². The van der Waals surface area contributed by atoms with Gasteiger partial charge in [0.25, 0.3) is 6.43 Å². The van der Waals surface area contributed by atoms with Crippen LogP contribution >= 0.6 is 11.6 Å². The van der Waals surface area contributed by atoms with Crippen molar-refractivity contribution in [2.75, 3.05) is 13.6 Å². The summed E-state index contributed by atoms with van der Waals surface area (Å²) in [5.74, 6) is 0. The number of sulfonamides is 1. The van der Waals surface area contributed by atoms with Crippen LogP contribution in [0.3, 0.4) is 0 Å². The van der Waals surface area contributed by atoms with Crippen LogP contribution in [-0.2, 0) is 16.6 Å². The molecule has 0 aliphatic carbocycles. The molecule has 8 heteroatoms. The predicted molar refractivity (Wildman–Crippen MR) is 65.4 cm³/mol. The lowest BCUT2D eigenvalue weighted by molar-refractivity contribution is 0.153. The summed E-state index contributed by atoms with van der Waals surface area (Å²) in [6.07, 6.45) is -2.74. The maximum absolute atomic E-state index is 12.0. The summed E-state index contributed by atoms with van der Waals surface area (Å²) in [6.45, 7) is -0.429. The summed E-state index contributed by atoms with van der Waals surface area (Å²) in [4.78, 5) is -0.131. The topological polar surface area (TPSA) is 58.2 Å². The fraction of sp³-hybridized carbons (Fsp3) is 0.400. The molecule has 0 aromatic heterocycles. The van der Waals surface area contributed by atoms with Gasteiger partial charge >= 0.3 is 0 Å². The lowest BCUT2D eigenvalue weighted by atomic mass is 10.2. The molecule has 0 amide bonds. The average molecular weight is 299 g/mol. The molecule has 0 heterocycles. The summed E-state index contributed by atoms with van der Waals surface area (Å²) in [7, 11) is -2.22. The van der Waals surface area contributed by atoms with E-state index >= 15 is 0 Å². The molecule has 2 N–H and O–H groups in total. The smallest absolute Gasteiger partial charge is 0.251 e. The first-order valence-corrected chi connectivity index (χ1v) is 6.94. The van der Waals surface area contributed by atoms with Crippen molar-refractivity contribution in [1.82, 2.24) is 10.0 Å². The van der Waals surface area contributed by atoms with Crippen molar-refractivity contribution in [2.45, 2.75) is 17.9 Å². The van der Waals surface area contributed by atoms with Gasteiger partial charge in [-0.3, -0.25) is 0 Å². The van der Waals surface area contributed by atoms with Gasteiger partial charge in [0, 0.05) is 11.6 Å². The van der Waals surface area contributed by atoms with Crippen LogP contribution in [0.4, 0.5) is 8.78 Å². The zero-order valence-corrected chi connectivity index (χ0v) is 11.2. The van der Waals surface area contributed by atoms with Crippen LogP contribution in [0, 0.1) is 0 Å². The Morgan fingerprint density at radius 3 is 2.56 bits per heavy atom. The highest BCUT2D eigenvalue weighted by Crippen LogP contribution is 2.20. The normalized spacial score (nSPS) is 12.1. The van der Waals surface area contributed by atoms with Gasteiger partial charge in [0.15, 0.2) is 0 Å². The molecule has 0 saturated carbocycles. The molecule has 4 nitrogen and oxygen atoms in total. The van der Waals surface area contributed by atoms with Gasteiger partial charge in [-0.2, -0.15) is 0 Å². The molecule has 0 spiro atoms. The van der Waals surface area contributed by atoms with Gasteiger partial charge in [-0.15, -0.1) is 0 Å². The molecular formula is C10H13ClF2N2O2S. The zero-order chi connectivity index (χ0) is 13.8. The SMILES string of the molecule is CNCc1ccc(S(=O)(=O)NCC(F)F)cc1Cl. The van der Waals surface area contributed by atoms with Crippen molar-refractivity contribution in [2.24, 2.45) is 0 Å². The standard InChI is InChI=1S/C10H13ClF2N2O2S/c1-14-5-7-2-3-8(4-9(7)11)18(16,17)15-6-10(12)13/h2-4,10,14-15H,5-6H2,1H3. The monoisotopic (exact) mass is 298 g/mol. The van der Waals surface area contributed by atoms with E-state index in [1.54, 1.807) is 11.8 Å². The quantitative estimate of drug-likeness (QED) is 0.839. The largest absolute Gasteiger partial charge is 0.316 e. The van der Waals surface area contributed by atoms with Gasteiger partial charge < -0.3 is 5.32 Å². The molecule has 1 aromatic carbocycles. The number of alkyl halides is 2. The number of benzene rings is 1. The number of rotatable bonds is 6. The second-order valence-corrected chi connectivity index (χ2v) is 5.70. The molecule has 0 unspecified atom stereocenters. The Bertz CT molecular complexity index is 509. The van der Waals surface area contributed by atoms with E-state index in [1.165, 1.54) is 18.2 Å². The van der Waals surface area contributed by atoms with Crippen molar-refractivity contribution < 1.29 is 17.2 Å². The fourth-order valence-electron chi connectivity index (χ4n) is 1.29. The Kier molecular flexibility index (Phi) is 5.46. The van der Waals surface area contributed by atoms with E-state index in [0.29, 0.717) is 6.54 Å². The predicted octanol–water partition coefficient (Wildman–Crippen LogP) is 1.60. The highest BCUT2D eigenvalue weighted by molar-refractivity contribution is 7.89. The third-order valence-corrected chi connectivity index (χ3v) is 3.90. The van der Waals surface area contributed by atoms with Crippen LogP contribution in [0.5, 0.6) is 0 Å². The molecular weight excluding hydrogens is 286 g/mol. The van der Waals surface area contributed by atoms with Crippen LogP contribution < -0.4 is 10.0 Å². The maximum atomic E-state index is 12.0. The average Bonchev–Trinajstić information content (AvgIpc) is 2.29. The Hall–Kier alpha value is -0.760.